The minimum atomic E-state index is 0.567. The van der Waals surface area contributed by atoms with E-state index in [0.29, 0.717) is 17.5 Å². The van der Waals surface area contributed by atoms with Crippen LogP contribution in [0.3, 0.4) is 0 Å². The van der Waals surface area contributed by atoms with Gasteiger partial charge in [0.2, 0.25) is 5.88 Å². The zero-order valence-corrected chi connectivity index (χ0v) is 11.2. The van der Waals surface area contributed by atoms with Crippen LogP contribution < -0.4 is 16.0 Å². The number of thioether (sulfide) groups is 1. The second-order valence-corrected chi connectivity index (χ2v) is 5.03. The summed E-state index contributed by atoms with van der Waals surface area (Å²) in [5, 5.41) is 0. The lowest BCUT2D eigenvalue weighted by Gasteiger charge is -2.08. The van der Waals surface area contributed by atoms with Gasteiger partial charge in [0.25, 0.3) is 0 Å². The quantitative estimate of drug-likeness (QED) is 0.649. The Morgan fingerprint density at radius 3 is 2.89 bits per heavy atom. The number of ether oxygens (including phenoxy) is 1. The summed E-state index contributed by atoms with van der Waals surface area (Å²) in [6.07, 6.45) is 1.70. The van der Waals surface area contributed by atoms with E-state index in [1.165, 1.54) is 0 Å². The number of rotatable bonds is 3. The molecule has 0 atom stereocenters. The van der Waals surface area contributed by atoms with Crippen LogP contribution in [0.15, 0.2) is 18.3 Å². The summed E-state index contributed by atoms with van der Waals surface area (Å²) in [5.74, 6) is 9.21. The van der Waals surface area contributed by atoms with E-state index in [2.05, 4.69) is 20.4 Å². The van der Waals surface area contributed by atoms with Crippen LogP contribution >= 0.6 is 11.8 Å². The second-order valence-electron chi connectivity index (χ2n) is 4.05. The standard InChI is InChI=1S/C12H13N5OS/c1-18-10-3-2-7(4-14-10)11-15-9-6-19-5-8(9)12(16-11)17-13/h2-4H,5-6,13H2,1H3,(H,15,16,17). The summed E-state index contributed by atoms with van der Waals surface area (Å²) in [5.41, 5.74) is 5.63. The van der Waals surface area contributed by atoms with Crippen molar-refractivity contribution in [2.45, 2.75) is 11.5 Å². The number of fused-ring (bicyclic) bond motifs is 1. The molecule has 2 aromatic heterocycles. The lowest BCUT2D eigenvalue weighted by molar-refractivity contribution is 0.398. The summed E-state index contributed by atoms with van der Waals surface area (Å²) in [7, 11) is 1.58. The Bertz CT molecular complexity index is 602. The molecule has 0 amide bonds. The maximum Gasteiger partial charge on any atom is 0.212 e. The molecule has 0 aliphatic carbocycles. The fraction of sp³-hybridized carbons (Fsp3) is 0.250. The molecule has 6 nitrogen and oxygen atoms in total. The Morgan fingerprint density at radius 2 is 2.21 bits per heavy atom. The fourth-order valence-corrected chi connectivity index (χ4v) is 2.97. The van der Waals surface area contributed by atoms with Crippen molar-refractivity contribution in [1.82, 2.24) is 15.0 Å². The second kappa shape index (κ2) is 5.02. The Morgan fingerprint density at radius 1 is 1.32 bits per heavy atom. The number of nitrogens with one attached hydrogen (secondary N) is 1. The molecule has 3 heterocycles. The molecule has 1 aliphatic heterocycles. The molecular weight excluding hydrogens is 262 g/mol. The molecule has 7 heteroatoms. The number of methoxy groups -OCH3 is 1. The Balaban J connectivity index is 2.04. The summed E-state index contributed by atoms with van der Waals surface area (Å²) in [6, 6.07) is 3.67. The summed E-state index contributed by atoms with van der Waals surface area (Å²) < 4.78 is 5.04. The van der Waals surface area contributed by atoms with Crippen LogP contribution in [0, 0.1) is 0 Å². The number of pyridine rings is 1. The molecule has 2 aromatic rings. The SMILES string of the molecule is COc1ccc(-c2nc3c(c(NN)n2)CSC3)cn1. The van der Waals surface area contributed by atoms with Crippen molar-refractivity contribution in [2.75, 3.05) is 12.5 Å². The van der Waals surface area contributed by atoms with Gasteiger partial charge >= 0.3 is 0 Å². The van der Waals surface area contributed by atoms with Crippen LogP contribution in [0.4, 0.5) is 5.82 Å². The molecule has 0 saturated heterocycles. The van der Waals surface area contributed by atoms with Gasteiger partial charge in [0.15, 0.2) is 5.82 Å². The van der Waals surface area contributed by atoms with Crippen molar-refractivity contribution < 1.29 is 4.74 Å². The van der Waals surface area contributed by atoms with Crippen LogP contribution in [0.5, 0.6) is 5.88 Å². The van der Waals surface area contributed by atoms with E-state index in [1.54, 1.807) is 19.4 Å². The van der Waals surface area contributed by atoms with Crippen LogP contribution in [-0.2, 0) is 11.5 Å². The monoisotopic (exact) mass is 275 g/mol. The molecule has 3 rings (SSSR count). The number of nitrogens with two attached hydrogens (primary N) is 1. The zero-order valence-electron chi connectivity index (χ0n) is 10.4. The van der Waals surface area contributed by atoms with Crippen LogP contribution in [0.2, 0.25) is 0 Å². The highest BCUT2D eigenvalue weighted by Gasteiger charge is 2.19. The molecule has 0 spiro atoms. The fourth-order valence-electron chi connectivity index (χ4n) is 1.93. The summed E-state index contributed by atoms with van der Waals surface area (Å²) >= 11 is 1.81. The van der Waals surface area contributed by atoms with Gasteiger partial charge in [0.05, 0.1) is 12.8 Å². The van der Waals surface area contributed by atoms with Crippen molar-refractivity contribution in [3.05, 3.63) is 29.6 Å². The van der Waals surface area contributed by atoms with Gasteiger partial charge in [0.1, 0.15) is 5.82 Å². The first kappa shape index (κ1) is 12.2. The minimum absolute atomic E-state index is 0.567. The molecular formula is C12H13N5OS. The Labute approximate surface area is 114 Å². The highest BCUT2D eigenvalue weighted by atomic mass is 32.2. The predicted octanol–water partition coefficient (Wildman–Crippen LogP) is 1.58. The van der Waals surface area contributed by atoms with Crippen LogP contribution in [-0.4, -0.2) is 22.1 Å². The van der Waals surface area contributed by atoms with Gasteiger partial charge in [-0.25, -0.2) is 20.8 Å². The van der Waals surface area contributed by atoms with Gasteiger partial charge in [-0.2, -0.15) is 11.8 Å². The van der Waals surface area contributed by atoms with Gasteiger partial charge in [-0.1, -0.05) is 0 Å². The third kappa shape index (κ3) is 2.22. The van der Waals surface area contributed by atoms with Crippen molar-refractivity contribution in [3.8, 4) is 17.3 Å². The number of hydrazine groups is 1. The molecule has 19 heavy (non-hydrogen) atoms. The highest BCUT2D eigenvalue weighted by Crippen LogP contribution is 2.34. The largest absolute Gasteiger partial charge is 0.481 e. The molecule has 1 aliphatic rings. The first-order valence-corrected chi connectivity index (χ1v) is 6.92. The highest BCUT2D eigenvalue weighted by molar-refractivity contribution is 7.98. The van der Waals surface area contributed by atoms with E-state index in [9.17, 15) is 0 Å². The van der Waals surface area contributed by atoms with Gasteiger partial charge in [-0.15, -0.1) is 0 Å². The number of nitrogen functional groups attached to an aromatic ring is 1. The topological polar surface area (TPSA) is 86.0 Å². The van der Waals surface area contributed by atoms with E-state index in [4.69, 9.17) is 10.6 Å². The molecule has 3 N–H and O–H groups in total. The molecule has 0 bridgehead atoms. The number of hydrogen-bond donors (Lipinski definition) is 2. The van der Waals surface area contributed by atoms with Crippen molar-refractivity contribution in [3.63, 3.8) is 0 Å². The number of anilines is 1. The molecule has 98 valence electrons. The Hall–Kier alpha value is -1.86. The van der Waals surface area contributed by atoms with Gasteiger partial charge in [-0.05, 0) is 6.07 Å². The minimum Gasteiger partial charge on any atom is -0.481 e. The molecule has 0 fully saturated rings. The summed E-state index contributed by atoms with van der Waals surface area (Å²) in [4.78, 5) is 13.2. The smallest absolute Gasteiger partial charge is 0.212 e. The lowest BCUT2D eigenvalue weighted by atomic mass is 10.2. The van der Waals surface area contributed by atoms with Crippen molar-refractivity contribution in [1.29, 1.82) is 0 Å². The average molecular weight is 275 g/mol. The first-order chi connectivity index (χ1) is 9.31. The van der Waals surface area contributed by atoms with E-state index in [1.807, 2.05) is 17.8 Å². The van der Waals surface area contributed by atoms with Gasteiger partial charge in [0, 0.05) is 34.9 Å². The van der Waals surface area contributed by atoms with E-state index >= 15 is 0 Å². The maximum atomic E-state index is 5.53. The molecule has 0 aromatic carbocycles. The van der Waals surface area contributed by atoms with Gasteiger partial charge in [-0.3, -0.25) is 0 Å². The zero-order chi connectivity index (χ0) is 13.2. The lowest BCUT2D eigenvalue weighted by Crippen LogP contribution is -2.12. The number of aromatic nitrogens is 3. The van der Waals surface area contributed by atoms with E-state index in [0.717, 1.165) is 28.3 Å². The normalized spacial score (nSPS) is 13.2. The van der Waals surface area contributed by atoms with Crippen LogP contribution in [0.1, 0.15) is 11.3 Å². The summed E-state index contributed by atoms with van der Waals surface area (Å²) in [6.45, 7) is 0. The first-order valence-electron chi connectivity index (χ1n) is 5.76. The molecule has 0 radical (unpaired) electrons. The third-order valence-electron chi connectivity index (χ3n) is 2.92. The van der Waals surface area contributed by atoms with E-state index < -0.39 is 0 Å². The van der Waals surface area contributed by atoms with Crippen LogP contribution in [0.25, 0.3) is 11.4 Å². The third-order valence-corrected chi connectivity index (χ3v) is 3.89. The molecule has 0 saturated carbocycles. The van der Waals surface area contributed by atoms with Crippen molar-refractivity contribution >= 4 is 17.6 Å². The maximum absolute atomic E-state index is 5.53. The Kier molecular flexibility index (Phi) is 3.22. The predicted molar refractivity (Wildman–Crippen MR) is 74.6 cm³/mol. The molecule has 0 unspecified atom stereocenters. The number of nitrogens with zero attached hydrogens (tertiary/aromatic N) is 3. The van der Waals surface area contributed by atoms with Gasteiger partial charge < -0.3 is 10.2 Å². The number of hydrogen-bond acceptors (Lipinski definition) is 7. The van der Waals surface area contributed by atoms with E-state index in [-0.39, 0.29) is 0 Å². The van der Waals surface area contributed by atoms with Crippen molar-refractivity contribution in [2.24, 2.45) is 5.84 Å². The average Bonchev–Trinajstić information content (AvgIpc) is 2.94.